The van der Waals surface area contributed by atoms with E-state index in [1.165, 1.54) is 24.3 Å². The summed E-state index contributed by atoms with van der Waals surface area (Å²) in [6.07, 6.45) is 1.82. The van der Waals surface area contributed by atoms with Gasteiger partial charge in [-0.05, 0) is 63.8 Å². The Hall–Kier alpha value is -4.57. The predicted octanol–water partition coefficient (Wildman–Crippen LogP) is 4.45. The lowest BCUT2D eigenvalue weighted by molar-refractivity contribution is -0.394. The van der Waals surface area contributed by atoms with Crippen molar-refractivity contribution < 1.29 is 76.0 Å². The molecule has 2 unspecified atom stereocenters. The standard InChI is InChI=1S/C52H80ClFN6O17/c1-52(2,3)57-14-13-55-47(40-57)51(63)56-15-16-58(49(61)37-41-8-11-45(53)46(54)36-41)44(39-56)12-19-77-50(62)7-5-18-69-21-23-71-25-27-73-29-31-75-33-35-76-34-32-74-30-28-72-26-24-70-22-20-68-17-4-6-42-9-10-43(59(64)65)38-48(42)60(66)67/h8-11,36,38,44,47,55H,4-7,12-35,37,39-40H2,1-3H3. The summed E-state index contributed by atoms with van der Waals surface area (Å²) in [6, 6.07) is 7.18. The number of hydrogen-bond acceptors (Lipinski definition) is 19. The van der Waals surface area contributed by atoms with Crippen LogP contribution in [-0.4, -0.2) is 225 Å². The molecule has 1 N–H and O–H groups in total. The zero-order valence-corrected chi connectivity index (χ0v) is 45.7. The molecule has 0 radical (unpaired) electrons. The van der Waals surface area contributed by atoms with Crippen LogP contribution in [0.2, 0.25) is 5.02 Å². The monoisotopic (exact) mass is 1110 g/mol. The lowest BCUT2D eigenvalue weighted by Gasteiger charge is -2.45. The van der Waals surface area contributed by atoms with Crippen LogP contribution in [0, 0.1) is 26.0 Å². The minimum absolute atomic E-state index is 0.0201. The molecule has 4 rings (SSSR count). The fraction of sp³-hybridized carbons (Fsp3) is 0.712. The van der Waals surface area contributed by atoms with E-state index in [2.05, 4.69) is 31.0 Å². The van der Waals surface area contributed by atoms with Gasteiger partial charge in [-0.25, -0.2) is 4.39 Å². The molecular formula is C52H80ClFN6O17. The summed E-state index contributed by atoms with van der Waals surface area (Å²) < 4.78 is 69.4. The van der Waals surface area contributed by atoms with Gasteiger partial charge >= 0.3 is 5.97 Å². The zero-order chi connectivity index (χ0) is 55.7. The molecule has 25 heteroatoms. The maximum Gasteiger partial charge on any atom is 0.305 e. The van der Waals surface area contributed by atoms with Crippen molar-refractivity contribution in [1.82, 2.24) is 20.0 Å². The Balaban J connectivity index is 0.900. The normalized spacial score (nSPS) is 16.2. The van der Waals surface area contributed by atoms with Crippen molar-refractivity contribution in [3.63, 3.8) is 0 Å². The molecule has 434 valence electrons. The van der Waals surface area contributed by atoms with Gasteiger partial charge < -0.3 is 62.5 Å². The number of rotatable bonds is 40. The maximum absolute atomic E-state index is 14.2. The Labute approximate surface area is 455 Å². The third kappa shape index (κ3) is 26.3. The van der Waals surface area contributed by atoms with Crippen LogP contribution in [0.5, 0.6) is 0 Å². The Bertz CT molecular complexity index is 2070. The third-order valence-corrected chi connectivity index (χ3v) is 12.8. The van der Waals surface area contributed by atoms with Gasteiger partial charge in [0.05, 0.1) is 152 Å². The fourth-order valence-electron chi connectivity index (χ4n) is 8.27. The average molecular weight is 1120 g/mol. The molecule has 0 bridgehead atoms. The molecule has 2 aromatic carbocycles. The number of piperazine rings is 2. The van der Waals surface area contributed by atoms with E-state index in [1.54, 1.807) is 15.9 Å². The first kappa shape index (κ1) is 65.0. The number of nitro benzene ring substituents is 2. The second kappa shape index (κ2) is 37.3. The van der Waals surface area contributed by atoms with E-state index in [0.717, 1.165) is 12.6 Å². The maximum atomic E-state index is 14.2. The lowest BCUT2D eigenvalue weighted by Crippen LogP contribution is -2.64. The number of aryl methyl sites for hydroxylation is 1. The molecule has 77 heavy (non-hydrogen) atoms. The first-order chi connectivity index (χ1) is 37.1. The van der Waals surface area contributed by atoms with Crippen LogP contribution in [0.1, 0.15) is 57.6 Å². The van der Waals surface area contributed by atoms with Crippen molar-refractivity contribution in [3.05, 3.63) is 78.6 Å². The molecule has 2 fully saturated rings. The predicted molar refractivity (Wildman–Crippen MR) is 281 cm³/mol. The SMILES string of the molecule is CC(C)(C)N1CCNC(C(=O)N2CCN(C(=O)Cc3ccc(Cl)c(F)c3)C(CCOC(=O)CCCOCCOCCOCCOCCOCCOCCOCCOCCOCCCc3ccc([N+](=O)[O-])cc3[N+](=O)[O-])C2)C1. The van der Waals surface area contributed by atoms with Gasteiger partial charge in [0.25, 0.3) is 11.4 Å². The highest BCUT2D eigenvalue weighted by atomic mass is 35.5. The number of carbonyl (C=O) groups excluding carboxylic acids is 3. The Kier molecular flexibility index (Phi) is 31.5. The van der Waals surface area contributed by atoms with E-state index in [0.29, 0.717) is 188 Å². The van der Waals surface area contributed by atoms with E-state index >= 15 is 0 Å². The minimum atomic E-state index is -0.661. The van der Waals surface area contributed by atoms with E-state index in [9.17, 15) is 39.0 Å². The number of carbonyl (C=O) groups is 3. The van der Waals surface area contributed by atoms with Gasteiger partial charge in [0, 0.05) is 82.5 Å². The molecule has 0 saturated carbocycles. The van der Waals surface area contributed by atoms with Gasteiger partial charge in [0.15, 0.2) is 0 Å². The minimum Gasteiger partial charge on any atom is -0.466 e. The van der Waals surface area contributed by atoms with Gasteiger partial charge in [-0.3, -0.25) is 39.5 Å². The number of nitrogens with one attached hydrogen (secondary N) is 1. The topological polar surface area (TPSA) is 252 Å². The Morgan fingerprint density at radius 3 is 1.71 bits per heavy atom. The van der Waals surface area contributed by atoms with Gasteiger partial charge in [0.1, 0.15) is 5.82 Å². The summed E-state index contributed by atoms with van der Waals surface area (Å²) in [5.74, 6) is -1.21. The lowest BCUT2D eigenvalue weighted by atomic mass is 10.0. The number of hydrogen-bond donors (Lipinski definition) is 1. The molecule has 2 saturated heterocycles. The molecule has 23 nitrogen and oxygen atoms in total. The van der Waals surface area contributed by atoms with Gasteiger partial charge in [-0.1, -0.05) is 17.7 Å². The summed E-state index contributed by atoms with van der Waals surface area (Å²) >= 11 is 5.86. The number of non-ortho nitro benzene ring substituents is 1. The first-order valence-electron chi connectivity index (χ1n) is 26.4. The fourth-order valence-corrected chi connectivity index (χ4v) is 8.39. The van der Waals surface area contributed by atoms with E-state index in [-0.39, 0.29) is 65.2 Å². The number of ether oxygens (including phenoxy) is 10. The van der Waals surface area contributed by atoms with E-state index in [4.69, 9.17) is 59.0 Å². The molecule has 0 aromatic heterocycles. The Morgan fingerprint density at radius 1 is 0.675 bits per heavy atom. The largest absolute Gasteiger partial charge is 0.466 e. The molecule has 2 aliphatic rings. The smallest absolute Gasteiger partial charge is 0.305 e. The number of amides is 2. The summed E-state index contributed by atoms with van der Waals surface area (Å²) in [4.78, 5) is 66.6. The van der Waals surface area contributed by atoms with Crippen molar-refractivity contribution in [3.8, 4) is 0 Å². The summed E-state index contributed by atoms with van der Waals surface area (Å²) in [5.41, 5.74) is 0.251. The van der Waals surface area contributed by atoms with Crippen molar-refractivity contribution >= 4 is 40.8 Å². The Morgan fingerprint density at radius 2 is 1.21 bits per heavy atom. The molecule has 0 spiro atoms. The van der Waals surface area contributed by atoms with Crippen LogP contribution in [-0.2, 0) is 74.6 Å². The van der Waals surface area contributed by atoms with Crippen LogP contribution < -0.4 is 5.32 Å². The van der Waals surface area contributed by atoms with Crippen molar-refractivity contribution in [2.75, 3.05) is 165 Å². The number of nitrogens with zero attached hydrogens (tertiary/aromatic N) is 5. The van der Waals surface area contributed by atoms with E-state index < -0.39 is 21.7 Å². The van der Waals surface area contributed by atoms with Crippen LogP contribution in [0.25, 0.3) is 0 Å². The van der Waals surface area contributed by atoms with Gasteiger partial charge in [-0.15, -0.1) is 0 Å². The average Bonchev–Trinajstić information content (AvgIpc) is 3.41. The summed E-state index contributed by atoms with van der Waals surface area (Å²) in [6.45, 7) is 16.7. The highest BCUT2D eigenvalue weighted by molar-refractivity contribution is 6.30. The molecule has 2 aromatic rings. The second-order valence-corrected chi connectivity index (χ2v) is 19.5. The molecule has 2 atom stereocenters. The van der Waals surface area contributed by atoms with Gasteiger partial charge in [-0.2, -0.15) is 0 Å². The molecular weight excluding hydrogens is 1040 g/mol. The van der Waals surface area contributed by atoms with Crippen molar-refractivity contribution in [1.29, 1.82) is 0 Å². The summed E-state index contributed by atoms with van der Waals surface area (Å²) in [7, 11) is 0. The van der Waals surface area contributed by atoms with Crippen LogP contribution >= 0.6 is 11.6 Å². The molecule has 0 aliphatic carbocycles. The van der Waals surface area contributed by atoms with Crippen LogP contribution in [0.3, 0.4) is 0 Å². The number of nitro groups is 2. The van der Waals surface area contributed by atoms with Crippen LogP contribution in [0.4, 0.5) is 15.8 Å². The highest BCUT2D eigenvalue weighted by Crippen LogP contribution is 2.26. The van der Waals surface area contributed by atoms with E-state index in [1.807, 2.05) is 0 Å². The van der Waals surface area contributed by atoms with Crippen LogP contribution in [0.15, 0.2) is 36.4 Å². The molecule has 2 heterocycles. The third-order valence-electron chi connectivity index (χ3n) is 12.4. The highest BCUT2D eigenvalue weighted by Gasteiger charge is 2.38. The number of benzene rings is 2. The number of halogens is 2. The summed E-state index contributed by atoms with van der Waals surface area (Å²) in [5, 5.41) is 25.5. The quantitative estimate of drug-likeness (QED) is 0.0419. The van der Waals surface area contributed by atoms with Crippen molar-refractivity contribution in [2.24, 2.45) is 0 Å². The molecule has 2 amide bonds. The number of esters is 1. The second-order valence-electron chi connectivity index (χ2n) is 19.1. The molecule has 2 aliphatic heterocycles. The van der Waals surface area contributed by atoms with Gasteiger partial charge in [0.2, 0.25) is 11.8 Å². The zero-order valence-electron chi connectivity index (χ0n) is 45.0. The first-order valence-corrected chi connectivity index (χ1v) is 26.8. The van der Waals surface area contributed by atoms with Crippen molar-refractivity contribution in [2.45, 2.75) is 76.9 Å².